The number of aromatic nitrogens is 1. The minimum atomic E-state index is 0.243. The van der Waals surface area contributed by atoms with Crippen molar-refractivity contribution < 1.29 is 0 Å². The van der Waals surface area contributed by atoms with Gasteiger partial charge in [0.2, 0.25) is 0 Å². The molecule has 1 aromatic heterocycles. The van der Waals surface area contributed by atoms with Gasteiger partial charge in [-0.25, -0.2) is 0 Å². The Morgan fingerprint density at radius 1 is 1.25 bits per heavy atom. The van der Waals surface area contributed by atoms with Gasteiger partial charge in [-0.2, -0.15) is 0 Å². The summed E-state index contributed by atoms with van der Waals surface area (Å²) < 4.78 is 0. The molecule has 0 aliphatic heterocycles. The lowest BCUT2D eigenvalue weighted by molar-refractivity contribution is 0.572. The average molecular weight is 165 g/mol. The minimum Gasteiger partial charge on any atom is -0.364 e. The van der Waals surface area contributed by atoms with Gasteiger partial charge >= 0.3 is 0 Å². The molecule has 1 aromatic rings. The van der Waals surface area contributed by atoms with Crippen LogP contribution in [0, 0.1) is 0 Å². The first-order valence-corrected chi connectivity index (χ1v) is 4.60. The van der Waals surface area contributed by atoms with Crippen LogP contribution in [0.5, 0.6) is 0 Å². The fourth-order valence-electron chi connectivity index (χ4n) is 1.18. The van der Waals surface area contributed by atoms with Crippen molar-refractivity contribution >= 4 is 0 Å². The summed E-state index contributed by atoms with van der Waals surface area (Å²) >= 11 is 0. The molecule has 1 heteroatoms. The molecular formula is C11H19N. The fraction of sp³-hybridized carbons (Fsp3) is 0.636. The van der Waals surface area contributed by atoms with Crippen LogP contribution in [0.3, 0.4) is 0 Å². The van der Waals surface area contributed by atoms with E-state index >= 15 is 0 Å². The summed E-state index contributed by atoms with van der Waals surface area (Å²) in [5.41, 5.74) is 2.97. The first-order chi connectivity index (χ1) is 5.41. The van der Waals surface area contributed by atoms with Crippen LogP contribution in [-0.4, -0.2) is 4.98 Å². The van der Waals surface area contributed by atoms with Crippen LogP contribution >= 0.6 is 0 Å². The van der Waals surface area contributed by atoms with Gasteiger partial charge in [-0.15, -0.1) is 0 Å². The molecule has 12 heavy (non-hydrogen) atoms. The number of nitrogens with one attached hydrogen (secondary N) is 1. The lowest BCUT2D eigenvalue weighted by atomic mass is 9.91. The Bertz CT molecular complexity index is 250. The second-order valence-corrected chi connectivity index (χ2v) is 4.75. The zero-order valence-corrected chi connectivity index (χ0v) is 8.73. The second kappa shape index (κ2) is 2.96. The highest BCUT2D eigenvalue weighted by molar-refractivity contribution is 5.24. The molecule has 68 valence electrons. The maximum atomic E-state index is 3.33. The molecule has 0 unspecified atom stereocenters. The summed E-state index contributed by atoms with van der Waals surface area (Å²) in [5.74, 6) is 0.623. The molecule has 1 N–H and O–H groups in total. The highest BCUT2D eigenvalue weighted by Gasteiger charge is 2.15. The molecule has 0 saturated heterocycles. The Morgan fingerprint density at radius 2 is 1.83 bits per heavy atom. The maximum absolute atomic E-state index is 3.33. The number of hydrogen-bond acceptors (Lipinski definition) is 0. The second-order valence-electron chi connectivity index (χ2n) is 4.75. The van der Waals surface area contributed by atoms with E-state index in [9.17, 15) is 0 Å². The average Bonchev–Trinajstić information content (AvgIpc) is 2.30. The van der Waals surface area contributed by atoms with E-state index in [0.717, 1.165) is 0 Å². The molecule has 1 rings (SSSR count). The Morgan fingerprint density at radius 3 is 2.08 bits per heavy atom. The molecule has 0 aromatic carbocycles. The molecular weight excluding hydrogens is 146 g/mol. The predicted octanol–water partition coefficient (Wildman–Crippen LogP) is 3.44. The highest BCUT2D eigenvalue weighted by Crippen LogP contribution is 2.24. The number of hydrogen-bond donors (Lipinski definition) is 1. The molecule has 0 spiro atoms. The zero-order chi connectivity index (χ0) is 9.35. The van der Waals surface area contributed by atoms with E-state index in [-0.39, 0.29) is 5.41 Å². The van der Waals surface area contributed by atoms with Crippen molar-refractivity contribution in [2.75, 3.05) is 0 Å². The van der Waals surface area contributed by atoms with E-state index in [1.54, 1.807) is 0 Å². The van der Waals surface area contributed by atoms with E-state index in [1.165, 1.54) is 11.3 Å². The summed E-state index contributed by atoms with van der Waals surface area (Å²) in [6.45, 7) is 11.1. The molecule has 0 fully saturated rings. The van der Waals surface area contributed by atoms with Crippen molar-refractivity contribution in [2.45, 2.75) is 46.0 Å². The molecule has 0 saturated carbocycles. The van der Waals surface area contributed by atoms with Gasteiger partial charge in [0.15, 0.2) is 0 Å². The fourth-order valence-corrected chi connectivity index (χ4v) is 1.18. The van der Waals surface area contributed by atoms with Crippen molar-refractivity contribution in [1.82, 2.24) is 4.98 Å². The SMILES string of the molecule is CC(C)c1c[nH]c(C(C)(C)C)c1. The Labute approximate surface area is 75.2 Å². The highest BCUT2D eigenvalue weighted by atomic mass is 14.7. The molecule has 0 amide bonds. The first-order valence-electron chi connectivity index (χ1n) is 4.60. The van der Waals surface area contributed by atoms with Gasteiger partial charge in [0.1, 0.15) is 0 Å². The predicted molar refractivity (Wildman–Crippen MR) is 53.6 cm³/mol. The van der Waals surface area contributed by atoms with Crippen molar-refractivity contribution in [3.63, 3.8) is 0 Å². The van der Waals surface area contributed by atoms with E-state index in [4.69, 9.17) is 0 Å². The Balaban J connectivity index is 2.92. The van der Waals surface area contributed by atoms with E-state index in [1.807, 2.05) is 0 Å². The summed E-state index contributed by atoms with van der Waals surface area (Å²) in [4.78, 5) is 3.33. The summed E-state index contributed by atoms with van der Waals surface area (Å²) in [7, 11) is 0. The van der Waals surface area contributed by atoms with E-state index < -0.39 is 0 Å². The molecule has 0 aliphatic rings. The smallest absolute Gasteiger partial charge is 0.0204 e. The third kappa shape index (κ3) is 1.90. The van der Waals surface area contributed by atoms with Gasteiger partial charge in [-0.05, 0) is 17.5 Å². The van der Waals surface area contributed by atoms with E-state index in [2.05, 4.69) is 51.9 Å². The van der Waals surface area contributed by atoms with Gasteiger partial charge in [0, 0.05) is 17.3 Å². The maximum Gasteiger partial charge on any atom is 0.0204 e. The summed E-state index contributed by atoms with van der Waals surface area (Å²) in [6.07, 6.45) is 2.12. The molecule has 0 bridgehead atoms. The lowest BCUT2D eigenvalue weighted by Crippen LogP contribution is -2.10. The standard InChI is InChI=1S/C11H19N/c1-8(2)9-6-10(12-7-9)11(3,4)5/h6-8,12H,1-5H3. The zero-order valence-electron chi connectivity index (χ0n) is 8.73. The molecule has 0 atom stereocenters. The molecule has 0 radical (unpaired) electrons. The molecule has 1 nitrogen and oxygen atoms in total. The van der Waals surface area contributed by atoms with Gasteiger partial charge in [0.25, 0.3) is 0 Å². The van der Waals surface area contributed by atoms with E-state index in [0.29, 0.717) is 5.92 Å². The Hall–Kier alpha value is -0.720. The third-order valence-corrected chi connectivity index (χ3v) is 2.18. The number of rotatable bonds is 1. The van der Waals surface area contributed by atoms with Crippen LogP contribution in [0.2, 0.25) is 0 Å². The topological polar surface area (TPSA) is 15.8 Å². The van der Waals surface area contributed by atoms with Crippen LogP contribution in [0.1, 0.15) is 51.8 Å². The third-order valence-electron chi connectivity index (χ3n) is 2.18. The Kier molecular flexibility index (Phi) is 2.31. The lowest BCUT2D eigenvalue weighted by Gasteiger charge is -2.15. The summed E-state index contributed by atoms with van der Waals surface area (Å²) in [6, 6.07) is 2.27. The van der Waals surface area contributed by atoms with Crippen LogP contribution < -0.4 is 0 Å². The van der Waals surface area contributed by atoms with Gasteiger partial charge in [-0.1, -0.05) is 34.6 Å². The normalized spacial score (nSPS) is 12.5. The van der Waals surface area contributed by atoms with Crippen LogP contribution in [0.25, 0.3) is 0 Å². The summed E-state index contributed by atoms with van der Waals surface area (Å²) in [5, 5.41) is 0. The van der Waals surface area contributed by atoms with Crippen molar-refractivity contribution in [3.05, 3.63) is 23.5 Å². The van der Waals surface area contributed by atoms with Crippen LogP contribution in [0.15, 0.2) is 12.3 Å². The minimum absolute atomic E-state index is 0.243. The molecule has 0 aliphatic carbocycles. The van der Waals surface area contributed by atoms with Gasteiger partial charge in [0.05, 0.1) is 0 Å². The molecule has 1 heterocycles. The van der Waals surface area contributed by atoms with Gasteiger partial charge in [-0.3, -0.25) is 0 Å². The monoisotopic (exact) mass is 165 g/mol. The van der Waals surface area contributed by atoms with Gasteiger partial charge < -0.3 is 4.98 Å². The van der Waals surface area contributed by atoms with Crippen molar-refractivity contribution in [1.29, 1.82) is 0 Å². The number of H-pyrrole nitrogens is 1. The van der Waals surface area contributed by atoms with Crippen molar-refractivity contribution in [2.24, 2.45) is 0 Å². The van der Waals surface area contributed by atoms with Crippen molar-refractivity contribution in [3.8, 4) is 0 Å². The van der Waals surface area contributed by atoms with Crippen LogP contribution in [0.4, 0.5) is 0 Å². The number of aromatic amines is 1. The van der Waals surface area contributed by atoms with Crippen LogP contribution in [-0.2, 0) is 5.41 Å². The largest absolute Gasteiger partial charge is 0.364 e. The quantitative estimate of drug-likeness (QED) is 0.656. The first kappa shape index (κ1) is 9.37.